The highest BCUT2D eigenvalue weighted by Crippen LogP contribution is 2.54. The molecule has 3 rings (SSSR count). The van der Waals surface area contributed by atoms with Crippen LogP contribution in [0, 0.1) is 5.92 Å². The Balaban J connectivity index is 1.96. The van der Waals surface area contributed by atoms with Gasteiger partial charge in [-0.15, -0.1) is 0 Å². The highest BCUT2D eigenvalue weighted by Gasteiger charge is 2.61. The summed E-state index contributed by atoms with van der Waals surface area (Å²) in [5.74, 6) is 0.00889. The van der Waals surface area contributed by atoms with Gasteiger partial charge in [-0.3, -0.25) is 0 Å². The molecule has 2 bridgehead atoms. The van der Waals surface area contributed by atoms with Crippen molar-refractivity contribution in [1.29, 1.82) is 0 Å². The van der Waals surface area contributed by atoms with E-state index in [2.05, 4.69) is 0 Å². The fourth-order valence-electron chi connectivity index (χ4n) is 3.45. The van der Waals surface area contributed by atoms with Crippen LogP contribution < -0.4 is 0 Å². The molecule has 14 heavy (non-hydrogen) atoms. The van der Waals surface area contributed by atoms with Gasteiger partial charge in [0, 0.05) is 6.42 Å². The maximum absolute atomic E-state index is 10.0. The summed E-state index contributed by atoms with van der Waals surface area (Å²) in [5, 5.41) is 10.0. The number of hydrogen-bond donors (Lipinski definition) is 1. The van der Waals surface area contributed by atoms with Gasteiger partial charge in [0.05, 0.1) is 0 Å². The Labute approximate surface area is 84.4 Å². The van der Waals surface area contributed by atoms with E-state index >= 15 is 0 Å². The monoisotopic (exact) mass is 198 g/mol. The minimum atomic E-state index is -0.694. The average molecular weight is 198 g/mol. The fraction of sp³-hybridized carbons (Fsp3) is 1.00. The van der Waals surface area contributed by atoms with Gasteiger partial charge in [-0.05, 0) is 32.1 Å². The number of aliphatic hydroxyl groups excluding tert-OH is 1. The van der Waals surface area contributed by atoms with Crippen molar-refractivity contribution in [3.05, 3.63) is 0 Å². The van der Waals surface area contributed by atoms with Crippen LogP contribution in [0.25, 0.3) is 0 Å². The van der Waals surface area contributed by atoms with Gasteiger partial charge in [-0.25, -0.2) is 0 Å². The van der Waals surface area contributed by atoms with E-state index in [0.717, 1.165) is 25.7 Å². The molecule has 0 amide bonds. The van der Waals surface area contributed by atoms with E-state index in [4.69, 9.17) is 9.47 Å². The van der Waals surface area contributed by atoms with Crippen LogP contribution in [-0.2, 0) is 9.47 Å². The van der Waals surface area contributed by atoms with Gasteiger partial charge in [0.25, 0.3) is 0 Å². The molecule has 2 aliphatic heterocycles. The van der Waals surface area contributed by atoms with E-state index in [-0.39, 0.29) is 5.60 Å². The molecular formula is C11H18O3. The zero-order chi connectivity index (χ0) is 9.81. The number of hydrogen-bond acceptors (Lipinski definition) is 3. The third-order valence-corrected chi connectivity index (χ3v) is 4.19. The van der Waals surface area contributed by atoms with Gasteiger partial charge in [0.1, 0.15) is 5.60 Å². The predicted octanol–water partition coefficient (Wildman–Crippen LogP) is 1.79. The van der Waals surface area contributed by atoms with Gasteiger partial charge >= 0.3 is 0 Å². The summed E-state index contributed by atoms with van der Waals surface area (Å²) < 4.78 is 11.6. The summed E-state index contributed by atoms with van der Waals surface area (Å²) >= 11 is 0. The zero-order valence-corrected chi connectivity index (χ0v) is 8.66. The molecule has 0 aromatic rings. The first-order valence-corrected chi connectivity index (χ1v) is 5.71. The van der Waals surface area contributed by atoms with Crippen LogP contribution in [0.2, 0.25) is 0 Å². The summed E-state index contributed by atoms with van der Waals surface area (Å²) in [6.45, 7) is 1.95. The van der Waals surface area contributed by atoms with E-state index in [0.29, 0.717) is 5.92 Å². The van der Waals surface area contributed by atoms with Crippen molar-refractivity contribution in [2.45, 2.75) is 63.1 Å². The standard InChI is InChI=1S/C11H18O3/c1-10-7-5-8-4-2-3-6-11(8,14-10)9(12)13-10/h8-9,12H,2-7H2,1H3. The fourth-order valence-corrected chi connectivity index (χ4v) is 3.45. The molecule has 3 aliphatic rings. The second-order valence-corrected chi connectivity index (χ2v) is 5.14. The third kappa shape index (κ3) is 1.03. The van der Waals surface area contributed by atoms with Crippen molar-refractivity contribution in [1.82, 2.24) is 0 Å². The Hall–Kier alpha value is -0.120. The van der Waals surface area contributed by atoms with Crippen molar-refractivity contribution in [2.24, 2.45) is 5.92 Å². The molecule has 0 aromatic heterocycles. The summed E-state index contributed by atoms with van der Waals surface area (Å²) in [7, 11) is 0. The first kappa shape index (κ1) is 9.13. The number of aliphatic hydroxyl groups is 1. The molecular weight excluding hydrogens is 180 g/mol. The van der Waals surface area contributed by atoms with Crippen LogP contribution in [0.3, 0.4) is 0 Å². The quantitative estimate of drug-likeness (QED) is 0.645. The lowest BCUT2D eigenvalue weighted by Crippen LogP contribution is -2.51. The van der Waals surface area contributed by atoms with Crippen LogP contribution in [-0.4, -0.2) is 22.8 Å². The van der Waals surface area contributed by atoms with E-state index in [1.165, 1.54) is 12.8 Å². The number of fused-ring (bicyclic) bond motifs is 1. The summed E-state index contributed by atoms with van der Waals surface area (Å²) in [6, 6.07) is 0. The minimum Gasteiger partial charge on any atom is -0.365 e. The molecule has 2 saturated heterocycles. The van der Waals surface area contributed by atoms with E-state index in [1.807, 2.05) is 6.92 Å². The number of ether oxygens (including phenoxy) is 2. The van der Waals surface area contributed by atoms with Crippen LogP contribution >= 0.6 is 0 Å². The zero-order valence-electron chi connectivity index (χ0n) is 8.66. The highest BCUT2D eigenvalue weighted by atomic mass is 16.8. The van der Waals surface area contributed by atoms with Gasteiger partial charge in [-0.2, -0.15) is 0 Å². The molecule has 3 fully saturated rings. The molecule has 2 heterocycles. The molecule has 1 aliphatic carbocycles. The Bertz CT molecular complexity index is 255. The molecule has 80 valence electrons. The van der Waals surface area contributed by atoms with Gasteiger partial charge in [0.2, 0.25) is 0 Å². The van der Waals surface area contributed by atoms with Crippen LogP contribution in [0.4, 0.5) is 0 Å². The van der Waals surface area contributed by atoms with Crippen molar-refractivity contribution < 1.29 is 14.6 Å². The molecule has 1 saturated carbocycles. The first-order valence-electron chi connectivity index (χ1n) is 5.71. The Morgan fingerprint density at radius 3 is 2.93 bits per heavy atom. The lowest BCUT2D eigenvalue weighted by Gasteiger charge is -2.45. The lowest BCUT2D eigenvalue weighted by molar-refractivity contribution is -0.223. The summed E-state index contributed by atoms with van der Waals surface area (Å²) in [4.78, 5) is 0. The lowest BCUT2D eigenvalue weighted by atomic mass is 9.71. The summed E-state index contributed by atoms with van der Waals surface area (Å²) in [6.07, 6.45) is 5.97. The normalized spacial score (nSPS) is 57.0. The van der Waals surface area contributed by atoms with Gasteiger partial charge in [-0.1, -0.05) is 12.8 Å². The highest BCUT2D eigenvalue weighted by molar-refractivity contribution is 5.03. The number of rotatable bonds is 0. The van der Waals surface area contributed by atoms with E-state index < -0.39 is 12.1 Å². The first-order chi connectivity index (χ1) is 6.65. The summed E-state index contributed by atoms with van der Waals surface area (Å²) in [5.41, 5.74) is -0.356. The van der Waals surface area contributed by atoms with Gasteiger partial charge in [0.15, 0.2) is 12.1 Å². The molecule has 0 aromatic carbocycles. The van der Waals surface area contributed by atoms with Crippen molar-refractivity contribution in [2.75, 3.05) is 0 Å². The van der Waals surface area contributed by atoms with E-state index in [9.17, 15) is 5.11 Å². The van der Waals surface area contributed by atoms with Crippen LogP contribution in [0.1, 0.15) is 45.4 Å². The van der Waals surface area contributed by atoms with Crippen molar-refractivity contribution in [3.8, 4) is 0 Å². The smallest absolute Gasteiger partial charge is 0.187 e. The average Bonchev–Trinajstić information content (AvgIpc) is 2.34. The van der Waals surface area contributed by atoms with Crippen molar-refractivity contribution >= 4 is 0 Å². The predicted molar refractivity (Wildman–Crippen MR) is 50.5 cm³/mol. The van der Waals surface area contributed by atoms with E-state index in [1.54, 1.807) is 0 Å². The van der Waals surface area contributed by atoms with Crippen molar-refractivity contribution in [3.63, 3.8) is 0 Å². The van der Waals surface area contributed by atoms with Crippen LogP contribution in [0.5, 0.6) is 0 Å². The Kier molecular flexibility index (Phi) is 1.77. The molecule has 4 atom stereocenters. The Morgan fingerprint density at radius 2 is 2.07 bits per heavy atom. The second kappa shape index (κ2) is 2.71. The maximum Gasteiger partial charge on any atom is 0.187 e. The molecule has 1 N–H and O–H groups in total. The molecule has 3 nitrogen and oxygen atoms in total. The van der Waals surface area contributed by atoms with Crippen LogP contribution in [0.15, 0.2) is 0 Å². The molecule has 3 heteroatoms. The topological polar surface area (TPSA) is 38.7 Å². The van der Waals surface area contributed by atoms with Gasteiger partial charge < -0.3 is 14.6 Å². The molecule has 0 radical (unpaired) electrons. The Morgan fingerprint density at radius 1 is 1.21 bits per heavy atom. The largest absolute Gasteiger partial charge is 0.365 e. The molecule has 4 unspecified atom stereocenters. The third-order valence-electron chi connectivity index (χ3n) is 4.19. The second-order valence-electron chi connectivity index (χ2n) is 5.14. The minimum absolute atomic E-state index is 0.356. The SMILES string of the molecule is CC12CCC3CCCCC3(O1)C(O)O2. The molecule has 1 spiro atoms. The maximum atomic E-state index is 10.0.